The molecule has 0 aliphatic rings. The molecule has 0 radical (unpaired) electrons. The minimum Gasteiger partial charge on any atom is -0.486 e. The topological polar surface area (TPSA) is 72.3 Å². The molecule has 0 aliphatic heterocycles. The number of aromatic nitrogens is 2. The summed E-state index contributed by atoms with van der Waals surface area (Å²) in [6, 6.07) is 6.94. The van der Waals surface area contributed by atoms with Crippen molar-refractivity contribution < 1.29 is 14.6 Å². The van der Waals surface area contributed by atoms with Gasteiger partial charge >= 0.3 is 5.97 Å². The van der Waals surface area contributed by atoms with Crippen LogP contribution >= 0.6 is 23.1 Å². The predicted molar refractivity (Wildman–Crippen MR) is 62.7 cm³/mol. The highest BCUT2D eigenvalue weighted by Crippen LogP contribution is 2.24. The summed E-state index contributed by atoms with van der Waals surface area (Å²) >= 11 is 6.72. The molecule has 0 fully saturated rings. The second-order valence-corrected chi connectivity index (χ2v) is 4.23. The molecule has 1 aromatic heterocycles. The number of aromatic carboxylic acids is 1. The van der Waals surface area contributed by atoms with Gasteiger partial charge in [0.2, 0.25) is 0 Å². The number of carbonyl (C=O) groups is 1. The number of para-hydroxylation sites is 1. The predicted octanol–water partition coefficient (Wildman–Crippen LogP) is 2.47. The van der Waals surface area contributed by atoms with Crippen LogP contribution in [0.15, 0.2) is 24.3 Å². The van der Waals surface area contributed by atoms with Gasteiger partial charge < -0.3 is 9.84 Å². The first-order valence-electron chi connectivity index (χ1n) is 4.60. The van der Waals surface area contributed by atoms with E-state index in [1.165, 1.54) is 0 Å². The molecule has 1 N–H and O–H groups in total. The van der Waals surface area contributed by atoms with E-state index in [1.807, 2.05) is 0 Å². The Kier molecular flexibility index (Phi) is 3.55. The number of halogens is 1. The van der Waals surface area contributed by atoms with Crippen LogP contribution in [0.3, 0.4) is 0 Å². The number of rotatable bonds is 4. The normalized spacial score (nSPS) is 10.2. The molecule has 0 amide bonds. The van der Waals surface area contributed by atoms with Gasteiger partial charge in [-0.15, -0.1) is 5.10 Å². The summed E-state index contributed by atoms with van der Waals surface area (Å²) in [5, 5.41) is 13.0. The van der Waals surface area contributed by atoms with Gasteiger partial charge in [0.15, 0.2) is 4.88 Å². The smallest absolute Gasteiger partial charge is 0.349 e. The lowest BCUT2D eigenvalue weighted by Gasteiger charge is -2.05. The summed E-state index contributed by atoms with van der Waals surface area (Å²) in [7, 11) is 0. The lowest BCUT2D eigenvalue weighted by Crippen LogP contribution is -2.03. The molecule has 88 valence electrons. The largest absolute Gasteiger partial charge is 0.486 e. The van der Waals surface area contributed by atoms with Gasteiger partial charge in [-0.1, -0.05) is 28.2 Å². The Labute approximate surface area is 106 Å². The van der Waals surface area contributed by atoms with E-state index in [9.17, 15) is 4.79 Å². The number of nitrogens with zero attached hydrogens (tertiary/aromatic N) is 2. The Bertz CT molecular complexity index is 544. The third-order valence-corrected chi connectivity index (χ3v) is 3.02. The quantitative estimate of drug-likeness (QED) is 0.924. The van der Waals surface area contributed by atoms with Gasteiger partial charge in [0, 0.05) is 0 Å². The zero-order chi connectivity index (χ0) is 12.3. The van der Waals surface area contributed by atoms with Crippen molar-refractivity contribution in [3.8, 4) is 5.75 Å². The Morgan fingerprint density at radius 2 is 2.24 bits per heavy atom. The van der Waals surface area contributed by atoms with Gasteiger partial charge in [0.1, 0.15) is 18.1 Å². The van der Waals surface area contributed by atoms with E-state index in [-0.39, 0.29) is 11.5 Å². The second kappa shape index (κ2) is 5.11. The molecule has 0 aliphatic carbocycles. The molecule has 1 heterocycles. The van der Waals surface area contributed by atoms with E-state index in [4.69, 9.17) is 21.4 Å². The summed E-state index contributed by atoms with van der Waals surface area (Å²) in [6.07, 6.45) is 0. The van der Waals surface area contributed by atoms with E-state index in [2.05, 4.69) is 9.59 Å². The van der Waals surface area contributed by atoms with Crippen molar-refractivity contribution in [2.45, 2.75) is 6.61 Å². The SMILES string of the molecule is O=C(O)c1snnc1COc1ccccc1Cl. The van der Waals surface area contributed by atoms with Gasteiger partial charge in [-0.25, -0.2) is 4.79 Å². The van der Waals surface area contributed by atoms with Gasteiger partial charge in [-0.2, -0.15) is 0 Å². The van der Waals surface area contributed by atoms with Crippen LogP contribution in [0.4, 0.5) is 0 Å². The number of carboxylic acids is 1. The Hall–Kier alpha value is -1.66. The van der Waals surface area contributed by atoms with Crippen LogP contribution < -0.4 is 4.74 Å². The molecule has 0 bridgehead atoms. The minimum absolute atomic E-state index is 0.0296. The van der Waals surface area contributed by atoms with E-state index in [0.29, 0.717) is 16.5 Å². The molecule has 17 heavy (non-hydrogen) atoms. The van der Waals surface area contributed by atoms with Crippen LogP contribution in [0, 0.1) is 0 Å². The lowest BCUT2D eigenvalue weighted by atomic mass is 10.3. The van der Waals surface area contributed by atoms with E-state index in [0.717, 1.165) is 11.5 Å². The van der Waals surface area contributed by atoms with Gasteiger partial charge in [0.05, 0.1) is 5.02 Å². The molecule has 0 unspecified atom stereocenters. The maximum atomic E-state index is 10.8. The molecule has 0 saturated carbocycles. The highest BCUT2D eigenvalue weighted by atomic mass is 35.5. The Balaban J connectivity index is 2.10. The molecular weight excluding hydrogens is 264 g/mol. The van der Waals surface area contributed by atoms with Crippen molar-refractivity contribution in [2.24, 2.45) is 0 Å². The van der Waals surface area contributed by atoms with Crippen molar-refractivity contribution in [3.63, 3.8) is 0 Å². The highest BCUT2D eigenvalue weighted by Gasteiger charge is 2.15. The molecule has 0 atom stereocenters. The van der Waals surface area contributed by atoms with Gasteiger partial charge in [-0.05, 0) is 23.7 Å². The van der Waals surface area contributed by atoms with Crippen LogP contribution in [0.5, 0.6) is 5.75 Å². The third-order valence-electron chi connectivity index (χ3n) is 1.95. The Morgan fingerprint density at radius 1 is 1.47 bits per heavy atom. The summed E-state index contributed by atoms with van der Waals surface area (Å²) in [5.41, 5.74) is 0.294. The first-order valence-corrected chi connectivity index (χ1v) is 5.75. The average Bonchev–Trinajstić information content (AvgIpc) is 2.76. The second-order valence-electron chi connectivity index (χ2n) is 3.07. The monoisotopic (exact) mass is 270 g/mol. The molecule has 7 heteroatoms. The van der Waals surface area contributed by atoms with Crippen molar-refractivity contribution >= 4 is 29.1 Å². The van der Waals surface area contributed by atoms with Crippen LogP contribution in [-0.2, 0) is 6.61 Å². The first kappa shape index (κ1) is 11.8. The van der Waals surface area contributed by atoms with Crippen molar-refractivity contribution in [1.29, 1.82) is 0 Å². The number of ether oxygens (including phenoxy) is 1. The molecule has 1 aromatic carbocycles. The van der Waals surface area contributed by atoms with Crippen LogP contribution in [0.1, 0.15) is 15.4 Å². The highest BCUT2D eigenvalue weighted by molar-refractivity contribution is 7.07. The maximum absolute atomic E-state index is 10.8. The number of carboxylic acid groups (broad SMARTS) is 1. The summed E-state index contributed by atoms with van der Waals surface area (Å²) in [4.78, 5) is 10.9. The zero-order valence-electron chi connectivity index (χ0n) is 8.46. The molecular formula is C10H7ClN2O3S. The van der Waals surface area contributed by atoms with E-state index in [1.54, 1.807) is 24.3 Å². The fourth-order valence-electron chi connectivity index (χ4n) is 1.17. The van der Waals surface area contributed by atoms with Crippen LogP contribution in [0.2, 0.25) is 5.02 Å². The minimum atomic E-state index is -1.06. The molecule has 2 aromatic rings. The van der Waals surface area contributed by atoms with Crippen molar-refractivity contribution in [2.75, 3.05) is 0 Å². The van der Waals surface area contributed by atoms with Crippen LogP contribution in [0.25, 0.3) is 0 Å². The third kappa shape index (κ3) is 2.72. The number of hydrogen-bond acceptors (Lipinski definition) is 5. The standard InChI is InChI=1S/C10H7ClN2O3S/c11-6-3-1-2-4-8(6)16-5-7-9(10(14)15)17-13-12-7/h1-4H,5H2,(H,14,15). The molecule has 0 spiro atoms. The summed E-state index contributed by atoms with van der Waals surface area (Å²) in [6.45, 7) is 0.0296. The average molecular weight is 271 g/mol. The lowest BCUT2D eigenvalue weighted by molar-refractivity contribution is 0.0699. The fraction of sp³-hybridized carbons (Fsp3) is 0.100. The summed E-state index contributed by atoms with van der Waals surface area (Å²) < 4.78 is 8.96. The fourth-order valence-corrected chi connectivity index (χ4v) is 1.87. The Morgan fingerprint density at radius 3 is 2.94 bits per heavy atom. The first-order chi connectivity index (χ1) is 8.18. The van der Waals surface area contributed by atoms with Gasteiger partial charge in [-0.3, -0.25) is 0 Å². The van der Waals surface area contributed by atoms with E-state index < -0.39 is 5.97 Å². The molecule has 0 saturated heterocycles. The van der Waals surface area contributed by atoms with Crippen molar-refractivity contribution in [1.82, 2.24) is 9.59 Å². The van der Waals surface area contributed by atoms with Crippen molar-refractivity contribution in [3.05, 3.63) is 39.9 Å². The number of hydrogen-bond donors (Lipinski definition) is 1. The maximum Gasteiger partial charge on any atom is 0.349 e. The zero-order valence-corrected chi connectivity index (χ0v) is 10.0. The molecule has 5 nitrogen and oxygen atoms in total. The summed E-state index contributed by atoms with van der Waals surface area (Å²) in [5.74, 6) is -0.573. The van der Waals surface area contributed by atoms with Crippen LogP contribution in [-0.4, -0.2) is 20.7 Å². The van der Waals surface area contributed by atoms with Gasteiger partial charge in [0.25, 0.3) is 0 Å². The van der Waals surface area contributed by atoms with E-state index >= 15 is 0 Å². The number of benzene rings is 1. The molecule has 2 rings (SSSR count).